The van der Waals surface area contributed by atoms with E-state index in [-0.39, 0.29) is 21.8 Å². The second-order valence-electron chi connectivity index (χ2n) is 2.75. The zero-order chi connectivity index (χ0) is 12.1. The van der Waals surface area contributed by atoms with Crippen LogP contribution >= 0.6 is 12.2 Å². The van der Waals surface area contributed by atoms with Gasteiger partial charge in [0.25, 0.3) is 11.6 Å². The van der Waals surface area contributed by atoms with Crippen LogP contribution in [0.1, 0.15) is 10.4 Å². The maximum Gasteiger partial charge on any atom is 0.269 e. The van der Waals surface area contributed by atoms with Crippen molar-refractivity contribution in [1.29, 1.82) is 0 Å². The van der Waals surface area contributed by atoms with Crippen molar-refractivity contribution in [2.45, 2.75) is 0 Å². The van der Waals surface area contributed by atoms with Gasteiger partial charge in [-0.3, -0.25) is 25.8 Å². The lowest BCUT2D eigenvalue weighted by molar-refractivity contribution is -0.384. The molecule has 0 radical (unpaired) electrons. The molecule has 0 aliphatic rings. The first kappa shape index (κ1) is 14.7. The molecule has 0 bridgehead atoms. The number of hydrogen-bond donors (Lipinski definition) is 3. The quantitative estimate of drug-likeness (QED) is 0.362. The van der Waals surface area contributed by atoms with Crippen molar-refractivity contribution < 1.29 is 15.2 Å². The first-order valence-corrected chi connectivity index (χ1v) is 4.52. The number of carbonyl (C=O) groups is 1. The molecule has 9 heteroatoms. The van der Waals surface area contributed by atoms with E-state index < -0.39 is 10.8 Å². The van der Waals surface area contributed by atoms with E-state index in [2.05, 4.69) is 23.1 Å². The SMILES string of the molecule is NC(=S)NNC(=O)c1ccc([N+](=O)[O-])cc1.O. The summed E-state index contributed by atoms with van der Waals surface area (Å²) in [5, 5.41) is 10.3. The number of hydrogen-bond acceptors (Lipinski definition) is 4. The molecule has 1 rings (SSSR count). The minimum absolute atomic E-state index is 0. The predicted octanol–water partition coefficient (Wildman–Crippen LogP) is -0.752. The van der Waals surface area contributed by atoms with E-state index in [1.54, 1.807) is 0 Å². The van der Waals surface area contributed by atoms with E-state index in [1.807, 2.05) is 0 Å². The number of nitrogens with one attached hydrogen (secondary N) is 2. The van der Waals surface area contributed by atoms with E-state index in [9.17, 15) is 14.9 Å². The van der Waals surface area contributed by atoms with Crippen LogP contribution in [0.5, 0.6) is 0 Å². The molecule has 8 nitrogen and oxygen atoms in total. The summed E-state index contributed by atoms with van der Waals surface area (Å²) in [6, 6.07) is 5.12. The molecule has 1 aromatic carbocycles. The monoisotopic (exact) mass is 258 g/mol. The fraction of sp³-hybridized carbons (Fsp3) is 0. The van der Waals surface area contributed by atoms with Crippen LogP contribution in [-0.2, 0) is 0 Å². The van der Waals surface area contributed by atoms with E-state index in [1.165, 1.54) is 24.3 Å². The molecular formula is C8H10N4O4S. The van der Waals surface area contributed by atoms with Crippen molar-refractivity contribution in [2.24, 2.45) is 5.73 Å². The Labute approximate surface area is 101 Å². The van der Waals surface area contributed by atoms with Gasteiger partial charge in [0.05, 0.1) is 4.92 Å². The number of rotatable bonds is 2. The topological polar surface area (TPSA) is 142 Å². The highest BCUT2D eigenvalue weighted by atomic mass is 32.1. The molecule has 0 aromatic heterocycles. The van der Waals surface area contributed by atoms with Gasteiger partial charge in [-0.05, 0) is 24.4 Å². The number of nitro groups is 1. The lowest BCUT2D eigenvalue weighted by Gasteiger charge is -2.05. The van der Waals surface area contributed by atoms with Crippen LogP contribution in [0.2, 0.25) is 0 Å². The molecule has 0 spiro atoms. The summed E-state index contributed by atoms with van der Waals surface area (Å²) >= 11 is 4.48. The normalized spacial score (nSPS) is 8.71. The highest BCUT2D eigenvalue weighted by molar-refractivity contribution is 7.80. The van der Waals surface area contributed by atoms with E-state index >= 15 is 0 Å². The number of non-ortho nitro benzene ring substituents is 1. The van der Waals surface area contributed by atoms with Gasteiger partial charge in [-0.1, -0.05) is 0 Å². The number of nitrogens with zero attached hydrogens (tertiary/aromatic N) is 1. The van der Waals surface area contributed by atoms with Gasteiger partial charge in [-0.15, -0.1) is 0 Å². The number of hydrazine groups is 1. The summed E-state index contributed by atoms with van der Waals surface area (Å²) in [6.07, 6.45) is 0. The Morgan fingerprint density at radius 2 is 1.82 bits per heavy atom. The van der Waals surface area contributed by atoms with Crippen molar-refractivity contribution >= 4 is 28.9 Å². The van der Waals surface area contributed by atoms with Crippen LogP contribution in [0.15, 0.2) is 24.3 Å². The van der Waals surface area contributed by atoms with Crippen molar-refractivity contribution in [2.75, 3.05) is 0 Å². The lowest BCUT2D eigenvalue weighted by atomic mass is 10.2. The Morgan fingerprint density at radius 3 is 2.24 bits per heavy atom. The van der Waals surface area contributed by atoms with Crippen LogP contribution < -0.4 is 16.6 Å². The van der Waals surface area contributed by atoms with Gasteiger partial charge >= 0.3 is 0 Å². The highest BCUT2D eigenvalue weighted by Crippen LogP contribution is 2.11. The largest absolute Gasteiger partial charge is 0.412 e. The Kier molecular flexibility index (Phi) is 5.51. The molecule has 0 heterocycles. The van der Waals surface area contributed by atoms with Gasteiger partial charge < -0.3 is 11.2 Å². The average Bonchev–Trinajstić information content (AvgIpc) is 2.26. The Hall–Kier alpha value is -2.26. The molecular weight excluding hydrogens is 248 g/mol. The molecule has 92 valence electrons. The third-order valence-electron chi connectivity index (χ3n) is 1.64. The van der Waals surface area contributed by atoms with Crippen molar-refractivity contribution in [3.8, 4) is 0 Å². The second kappa shape index (κ2) is 6.35. The Morgan fingerprint density at radius 1 is 1.29 bits per heavy atom. The average molecular weight is 258 g/mol. The molecule has 17 heavy (non-hydrogen) atoms. The summed E-state index contributed by atoms with van der Waals surface area (Å²) in [5.41, 5.74) is 9.75. The van der Waals surface area contributed by atoms with Gasteiger partial charge in [0.15, 0.2) is 5.11 Å². The predicted molar refractivity (Wildman–Crippen MR) is 64.1 cm³/mol. The summed E-state index contributed by atoms with van der Waals surface area (Å²) < 4.78 is 0. The first-order valence-electron chi connectivity index (χ1n) is 4.11. The van der Waals surface area contributed by atoms with Crippen molar-refractivity contribution in [3.63, 3.8) is 0 Å². The van der Waals surface area contributed by atoms with Gasteiger partial charge in [-0.2, -0.15) is 0 Å². The molecule has 0 aliphatic carbocycles. The van der Waals surface area contributed by atoms with Crippen LogP contribution in [0.25, 0.3) is 0 Å². The summed E-state index contributed by atoms with van der Waals surface area (Å²) in [5.74, 6) is -0.484. The van der Waals surface area contributed by atoms with E-state index in [4.69, 9.17) is 5.73 Å². The standard InChI is InChI=1S/C8H8N4O3S.H2O/c9-8(16)11-10-7(13)5-1-3-6(4-2-5)12(14)15;/h1-4H,(H,10,13)(H3,9,11,16);1H2. The zero-order valence-corrected chi connectivity index (χ0v) is 9.28. The van der Waals surface area contributed by atoms with Crippen LogP contribution in [-0.4, -0.2) is 21.4 Å². The molecule has 0 saturated heterocycles. The minimum atomic E-state index is -0.547. The van der Waals surface area contributed by atoms with Gasteiger partial charge in [-0.25, -0.2) is 0 Å². The maximum absolute atomic E-state index is 11.4. The van der Waals surface area contributed by atoms with Crippen molar-refractivity contribution in [3.05, 3.63) is 39.9 Å². The van der Waals surface area contributed by atoms with Crippen molar-refractivity contribution in [1.82, 2.24) is 10.9 Å². The first-order chi connectivity index (χ1) is 7.50. The van der Waals surface area contributed by atoms with Gasteiger partial charge in [0.2, 0.25) is 0 Å². The number of benzene rings is 1. The molecule has 1 aromatic rings. The van der Waals surface area contributed by atoms with Gasteiger partial charge in [0.1, 0.15) is 0 Å². The maximum atomic E-state index is 11.4. The number of thiocarbonyl (C=S) groups is 1. The third-order valence-corrected chi connectivity index (χ3v) is 1.74. The summed E-state index contributed by atoms with van der Waals surface area (Å²) in [6.45, 7) is 0. The van der Waals surface area contributed by atoms with Crippen LogP contribution in [0.3, 0.4) is 0 Å². The van der Waals surface area contributed by atoms with Crippen LogP contribution in [0.4, 0.5) is 5.69 Å². The molecule has 0 aliphatic heterocycles. The molecule has 6 N–H and O–H groups in total. The molecule has 0 unspecified atom stereocenters. The third kappa shape index (κ3) is 4.40. The number of nitro benzene ring substituents is 1. The minimum Gasteiger partial charge on any atom is -0.412 e. The Balaban J connectivity index is 0.00000256. The number of amides is 1. The Bertz CT molecular complexity index is 434. The number of nitrogens with two attached hydrogens (primary N) is 1. The fourth-order valence-corrected chi connectivity index (χ4v) is 0.976. The van der Waals surface area contributed by atoms with E-state index in [0.717, 1.165) is 0 Å². The molecule has 1 amide bonds. The summed E-state index contributed by atoms with van der Waals surface area (Å²) in [7, 11) is 0. The number of carbonyl (C=O) groups excluding carboxylic acids is 1. The summed E-state index contributed by atoms with van der Waals surface area (Å²) in [4.78, 5) is 21.2. The van der Waals surface area contributed by atoms with Crippen LogP contribution in [0, 0.1) is 10.1 Å². The smallest absolute Gasteiger partial charge is 0.269 e. The zero-order valence-electron chi connectivity index (χ0n) is 8.47. The fourth-order valence-electron chi connectivity index (χ4n) is 0.925. The highest BCUT2D eigenvalue weighted by Gasteiger charge is 2.08. The lowest BCUT2D eigenvalue weighted by Crippen LogP contribution is -2.44. The molecule has 0 atom stereocenters. The van der Waals surface area contributed by atoms with Gasteiger partial charge in [0, 0.05) is 17.7 Å². The van der Waals surface area contributed by atoms with E-state index in [0.29, 0.717) is 0 Å². The molecule has 0 saturated carbocycles. The second-order valence-corrected chi connectivity index (χ2v) is 3.19. The molecule has 0 fully saturated rings.